The summed E-state index contributed by atoms with van der Waals surface area (Å²) in [5.41, 5.74) is 2.12. The summed E-state index contributed by atoms with van der Waals surface area (Å²) in [4.78, 5) is 29.3. The molecule has 1 fully saturated rings. The van der Waals surface area contributed by atoms with E-state index in [-0.39, 0.29) is 29.8 Å². The first-order valence-corrected chi connectivity index (χ1v) is 10.4. The molecule has 5 nitrogen and oxygen atoms in total. The molecule has 154 valence electrons. The van der Waals surface area contributed by atoms with Gasteiger partial charge in [-0.05, 0) is 18.1 Å². The zero-order chi connectivity index (χ0) is 20.8. The number of nitrogens with one attached hydrogen (secondary N) is 1. The van der Waals surface area contributed by atoms with Gasteiger partial charge in [-0.3, -0.25) is 14.5 Å². The van der Waals surface area contributed by atoms with Gasteiger partial charge in [0.15, 0.2) is 0 Å². The maximum absolute atomic E-state index is 13.1. The van der Waals surface area contributed by atoms with Crippen LogP contribution >= 0.6 is 0 Å². The summed E-state index contributed by atoms with van der Waals surface area (Å²) >= 11 is 0. The number of carbonyl (C=O) groups is 2. The molecule has 2 amide bonds. The highest BCUT2D eigenvalue weighted by Crippen LogP contribution is 2.22. The van der Waals surface area contributed by atoms with Gasteiger partial charge in [0, 0.05) is 32.1 Å². The van der Waals surface area contributed by atoms with E-state index in [9.17, 15) is 9.59 Å². The van der Waals surface area contributed by atoms with Crippen LogP contribution in [0, 0.1) is 5.92 Å². The van der Waals surface area contributed by atoms with Crippen molar-refractivity contribution < 1.29 is 9.59 Å². The highest BCUT2D eigenvalue weighted by molar-refractivity contribution is 5.82. The van der Waals surface area contributed by atoms with Crippen molar-refractivity contribution >= 4 is 11.8 Å². The fraction of sp³-hybridized carbons (Fsp3) is 0.417. The van der Waals surface area contributed by atoms with E-state index in [0.29, 0.717) is 26.2 Å². The van der Waals surface area contributed by atoms with Crippen molar-refractivity contribution in [2.24, 2.45) is 5.92 Å². The van der Waals surface area contributed by atoms with Crippen molar-refractivity contribution in [2.45, 2.75) is 32.9 Å². The highest BCUT2D eigenvalue weighted by Gasteiger charge is 2.29. The van der Waals surface area contributed by atoms with Crippen LogP contribution in [-0.2, 0) is 9.59 Å². The molecule has 1 saturated heterocycles. The monoisotopic (exact) mass is 393 g/mol. The number of hydrogen-bond acceptors (Lipinski definition) is 3. The zero-order valence-corrected chi connectivity index (χ0v) is 17.5. The van der Waals surface area contributed by atoms with Gasteiger partial charge in [0.05, 0.1) is 12.1 Å². The average Bonchev–Trinajstić information content (AvgIpc) is 2.77. The number of piperazine rings is 1. The Hall–Kier alpha value is -2.66. The number of benzene rings is 2. The number of hydrogen-bond donors (Lipinski definition) is 1. The minimum Gasteiger partial charge on any atom is -0.344 e. The molecule has 0 aromatic heterocycles. The minimum absolute atomic E-state index is 0.00587. The molecule has 1 unspecified atom stereocenters. The van der Waals surface area contributed by atoms with Crippen LogP contribution in [-0.4, -0.2) is 53.8 Å². The number of nitrogens with zero attached hydrogens (tertiary/aromatic N) is 2. The topological polar surface area (TPSA) is 52.7 Å². The summed E-state index contributed by atoms with van der Waals surface area (Å²) < 4.78 is 0. The van der Waals surface area contributed by atoms with Crippen LogP contribution in [0.25, 0.3) is 0 Å². The number of carbonyl (C=O) groups excluding carboxylic acids is 2. The smallest absolute Gasteiger partial charge is 0.237 e. The molecule has 1 aliphatic rings. The lowest BCUT2D eigenvalue weighted by Crippen LogP contribution is -2.55. The summed E-state index contributed by atoms with van der Waals surface area (Å²) in [5, 5.41) is 3.24. The standard InChI is InChI=1S/C24H31N3O2/c1-18(2)24(29)27-16-14-26(15-17-27)19(3)23(28)25-22(20-10-6-4-7-11-20)21-12-8-5-9-13-21/h4-13,18-19,22H,14-17H2,1-3H3,(H,25,28). The highest BCUT2D eigenvalue weighted by atomic mass is 16.2. The van der Waals surface area contributed by atoms with Crippen LogP contribution in [0.15, 0.2) is 60.7 Å². The summed E-state index contributed by atoms with van der Waals surface area (Å²) in [6, 6.07) is 19.7. The lowest BCUT2D eigenvalue weighted by molar-refractivity contribution is -0.137. The van der Waals surface area contributed by atoms with Gasteiger partial charge in [0.25, 0.3) is 0 Å². The Kier molecular flexibility index (Phi) is 7.04. The van der Waals surface area contributed by atoms with Gasteiger partial charge in [0.1, 0.15) is 0 Å². The third-order valence-electron chi connectivity index (χ3n) is 5.60. The minimum atomic E-state index is -0.249. The molecular formula is C24H31N3O2. The Morgan fingerprint density at radius 3 is 1.72 bits per heavy atom. The Balaban J connectivity index is 1.66. The third kappa shape index (κ3) is 5.24. The van der Waals surface area contributed by atoms with Crippen molar-refractivity contribution in [1.82, 2.24) is 15.1 Å². The second-order valence-corrected chi connectivity index (χ2v) is 7.95. The van der Waals surface area contributed by atoms with Crippen LogP contribution < -0.4 is 5.32 Å². The van der Waals surface area contributed by atoms with Crippen LogP contribution in [0.3, 0.4) is 0 Å². The lowest BCUT2D eigenvalue weighted by Gasteiger charge is -2.38. The maximum atomic E-state index is 13.1. The summed E-state index contributed by atoms with van der Waals surface area (Å²) in [6.45, 7) is 8.59. The van der Waals surface area contributed by atoms with Crippen molar-refractivity contribution in [1.29, 1.82) is 0 Å². The predicted molar refractivity (Wildman–Crippen MR) is 115 cm³/mol. The first kappa shape index (κ1) is 21.1. The molecule has 29 heavy (non-hydrogen) atoms. The number of rotatable bonds is 6. The van der Waals surface area contributed by atoms with E-state index in [1.54, 1.807) is 0 Å². The Bertz CT molecular complexity index is 760. The molecule has 2 aromatic carbocycles. The van der Waals surface area contributed by atoms with Gasteiger partial charge >= 0.3 is 0 Å². The van der Waals surface area contributed by atoms with E-state index < -0.39 is 0 Å². The third-order valence-corrected chi connectivity index (χ3v) is 5.60. The Morgan fingerprint density at radius 2 is 1.28 bits per heavy atom. The fourth-order valence-electron chi connectivity index (χ4n) is 3.77. The fourth-order valence-corrected chi connectivity index (χ4v) is 3.77. The van der Waals surface area contributed by atoms with Gasteiger partial charge in [-0.2, -0.15) is 0 Å². The van der Waals surface area contributed by atoms with Crippen LogP contribution in [0.4, 0.5) is 0 Å². The summed E-state index contributed by atoms with van der Waals surface area (Å²) in [7, 11) is 0. The van der Waals surface area contributed by atoms with E-state index in [0.717, 1.165) is 11.1 Å². The second-order valence-electron chi connectivity index (χ2n) is 7.95. The zero-order valence-electron chi connectivity index (χ0n) is 17.5. The predicted octanol–water partition coefficient (Wildman–Crippen LogP) is 3.08. The van der Waals surface area contributed by atoms with Gasteiger partial charge in [-0.1, -0.05) is 74.5 Å². The van der Waals surface area contributed by atoms with Gasteiger partial charge in [-0.15, -0.1) is 0 Å². The normalized spacial score (nSPS) is 16.1. The molecular weight excluding hydrogens is 362 g/mol. The van der Waals surface area contributed by atoms with Crippen LogP contribution in [0.5, 0.6) is 0 Å². The Labute approximate surface area is 173 Å². The van der Waals surface area contributed by atoms with Gasteiger partial charge < -0.3 is 10.2 Å². The molecule has 3 rings (SSSR count). The molecule has 5 heteroatoms. The largest absolute Gasteiger partial charge is 0.344 e. The first-order chi connectivity index (χ1) is 14.0. The SMILES string of the molecule is CC(C)C(=O)N1CCN(C(C)C(=O)NC(c2ccccc2)c2ccccc2)CC1. The van der Waals surface area contributed by atoms with Crippen molar-refractivity contribution in [3.05, 3.63) is 71.8 Å². The molecule has 0 bridgehead atoms. The van der Waals surface area contributed by atoms with E-state index >= 15 is 0 Å². The number of amides is 2. The molecule has 0 radical (unpaired) electrons. The van der Waals surface area contributed by atoms with E-state index in [1.165, 1.54) is 0 Å². The van der Waals surface area contributed by atoms with Crippen molar-refractivity contribution in [2.75, 3.05) is 26.2 Å². The first-order valence-electron chi connectivity index (χ1n) is 10.4. The van der Waals surface area contributed by atoms with Gasteiger partial charge in [-0.25, -0.2) is 0 Å². The molecule has 1 atom stereocenters. The van der Waals surface area contributed by atoms with Crippen molar-refractivity contribution in [3.63, 3.8) is 0 Å². The molecule has 0 spiro atoms. The summed E-state index contributed by atoms with van der Waals surface area (Å²) in [6.07, 6.45) is 0. The Morgan fingerprint density at radius 1 is 0.793 bits per heavy atom. The molecule has 1 N–H and O–H groups in total. The molecule has 2 aromatic rings. The summed E-state index contributed by atoms with van der Waals surface area (Å²) in [5.74, 6) is 0.209. The van der Waals surface area contributed by atoms with Crippen molar-refractivity contribution in [3.8, 4) is 0 Å². The molecule has 0 aliphatic carbocycles. The quantitative estimate of drug-likeness (QED) is 0.821. The van der Waals surface area contributed by atoms with E-state index in [2.05, 4.69) is 10.2 Å². The van der Waals surface area contributed by atoms with Crippen LogP contribution in [0.1, 0.15) is 37.9 Å². The van der Waals surface area contributed by atoms with E-state index in [1.807, 2.05) is 86.3 Å². The second kappa shape index (κ2) is 9.70. The van der Waals surface area contributed by atoms with Gasteiger partial charge in [0.2, 0.25) is 11.8 Å². The maximum Gasteiger partial charge on any atom is 0.237 e. The van der Waals surface area contributed by atoms with Crippen LogP contribution in [0.2, 0.25) is 0 Å². The lowest BCUT2D eigenvalue weighted by atomic mass is 9.98. The molecule has 1 heterocycles. The molecule has 1 aliphatic heterocycles. The van der Waals surface area contributed by atoms with E-state index in [4.69, 9.17) is 0 Å². The average molecular weight is 394 g/mol. The molecule has 0 saturated carbocycles.